The predicted molar refractivity (Wildman–Crippen MR) is 120 cm³/mol. The third-order valence-corrected chi connectivity index (χ3v) is 5.29. The lowest BCUT2D eigenvalue weighted by atomic mass is 9.90. The Hall–Kier alpha value is -4.38. The van der Waals surface area contributed by atoms with Gasteiger partial charge in [0.2, 0.25) is 0 Å². The minimum Gasteiger partial charge on any atom is -0.508 e. The first kappa shape index (κ1) is 20.9. The molecule has 0 fully saturated rings. The first-order valence-corrected chi connectivity index (χ1v) is 10.0. The lowest BCUT2D eigenvalue weighted by Gasteiger charge is -2.16. The highest BCUT2D eigenvalue weighted by Gasteiger charge is 2.26. The molecule has 0 bridgehead atoms. The Morgan fingerprint density at radius 3 is 1.50 bits per heavy atom. The Labute approximate surface area is 184 Å². The molecule has 0 atom stereocenters. The number of rotatable bonds is 6. The second kappa shape index (κ2) is 8.78. The fourth-order valence-corrected chi connectivity index (χ4v) is 3.57. The predicted octanol–water partition coefficient (Wildman–Crippen LogP) is 4.86. The van der Waals surface area contributed by atoms with Gasteiger partial charge in [0.1, 0.15) is 17.2 Å². The van der Waals surface area contributed by atoms with Gasteiger partial charge < -0.3 is 15.3 Å². The average molecular weight is 424 g/mol. The molecule has 4 rings (SSSR count). The van der Waals surface area contributed by atoms with Gasteiger partial charge in [-0.1, -0.05) is 78.9 Å². The van der Waals surface area contributed by atoms with E-state index in [1.165, 1.54) is 12.1 Å². The molecule has 32 heavy (non-hydrogen) atoms. The van der Waals surface area contributed by atoms with Crippen LogP contribution < -0.4 is 0 Å². The summed E-state index contributed by atoms with van der Waals surface area (Å²) >= 11 is 0. The van der Waals surface area contributed by atoms with Crippen LogP contribution in [0.1, 0.15) is 43.0 Å². The molecule has 0 saturated carbocycles. The fraction of sp³-hybridized carbons (Fsp3) is 0.0370. The summed E-state index contributed by atoms with van der Waals surface area (Å²) in [7, 11) is 0. The molecule has 0 amide bonds. The van der Waals surface area contributed by atoms with Crippen LogP contribution in [0.25, 0.3) is 0 Å². The minimum absolute atomic E-state index is 0.00689. The molecule has 5 heteroatoms. The summed E-state index contributed by atoms with van der Waals surface area (Å²) in [6.07, 6.45) is -0.0741. The number of aromatic hydroxyl groups is 3. The van der Waals surface area contributed by atoms with Crippen LogP contribution in [0.2, 0.25) is 0 Å². The number of para-hydroxylation sites is 1. The summed E-state index contributed by atoms with van der Waals surface area (Å²) in [4.78, 5) is 26.3. The maximum Gasteiger partial charge on any atom is 0.196 e. The molecule has 0 saturated heterocycles. The van der Waals surface area contributed by atoms with Crippen LogP contribution in [0, 0.1) is 0 Å². The summed E-state index contributed by atoms with van der Waals surface area (Å²) in [6, 6.07) is 24.5. The number of carbonyl (C=O) groups excluding carboxylic acids is 2. The molecule has 158 valence electrons. The molecule has 5 nitrogen and oxygen atoms in total. The molecular weight excluding hydrogens is 404 g/mol. The van der Waals surface area contributed by atoms with Crippen molar-refractivity contribution in [2.24, 2.45) is 0 Å². The third-order valence-electron chi connectivity index (χ3n) is 5.29. The van der Waals surface area contributed by atoms with Crippen LogP contribution in [-0.4, -0.2) is 26.9 Å². The van der Waals surface area contributed by atoms with Crippen LogP contribution in [0.3, 0.4) is 0 Å². The van der Waals surface area contributed by atoms with Crippen molar-refractivity contribution >= 4 is 11.6 Å². The maximum atomic E-state index is 13.2. The molecule has 3 N–H and O–H groups in total. The zero-order chi connectivity index (χ0) is 22.7. The summed E-state index contributed by atoms with van der Waals surface area (Å²) in [5.74, 6) is -1.84. The van der Waals surface area contributed by atoms with Crippen LogP contribution in [0.5, 0.6) is 17.2 Å². The third kappa shape index (κ3) is 3.96. The summed E-state index contributed by atoms with van der Waals surface area (Å²) in [6.45, 7) is 0. The average Bonchev–Trinajstić information content (AvgIpc) is 2.83. The van der Waals surface area contributed by atoms with Crippen molar-refractivity contribution in [3.63, 3.8) is 0 Å². The van der Waals surface area contributed by atoms with Gasteiger partial charge in [-0.15, -0.1) is 0 Å². The molecule has 0 heterocycles. The summed E-state index contributed by atoms with van der Waals surface area (Å²) in [5.41, 5.74) is 0.894. The van der Waals surface area contributed by atoms with Gasteiger partial charge in [0.15, 0.2) is 11.6 Å². The molecule has 0 radical (unpaired) electrons. The topological polar surface area (TPSA) is 94.8 Å². The van der Waals surface area contributed by atoms with Crippen molar-refractivity contribution in [2.45, 2.75) is 6.42 Å². The van der Waals surface area contributed by atoms with Crippen LogP contribution >= 0.6 is 0 Å². The van der Waals surface area contributed by atoms with Crippen molar-refractivity contribution < 1.29 is 24.9 Å². The van der Waals surface area contributed by atoms with E-state index in [4.69, 9.17) is 0 Å². The zero-order valence-electron chi connectivity index (χ0n) is 17.0. The molecule has 0 aromatic heterocycles. The Kier molecular flexibility index (Phi) is 5.73. The highest BCUT2D eigenvalue weighted by molar-refractivity contribution is 6.16. The van der Waals surface area contributed by atoms with Crippen molar-refractivity contribution in [1.82, 2.24) is 0 Å². The van der Waals surface area contributed by atoms with Crippen molar-refractivity contribution in [2.75, 3.05) is 0 Å². The van der Waals surface area contributed by atoms with Gasteiger partial charge >= 0.3 is 0 Å². The van der Waals surface area contributed by atoms with Gasteiger partial charge in [0, 0.05) is 23.1 Å². The van der Waals surface area contributed by atoms with Crippen LogP contribution in [0.15, 0.2) is 91.0 Å². The lowest BCUT2D eigenvalue weighted by Crippen LogP contribution is -2.09. The van der Waals surface area contributed by atoms with Crippen LogP contribution in [0.4, 0.5) is 0 Å². The number of benzene rings is 4. The normalized spacial score (nSPS) is 10.6. The van der Waals surface area contributed by atoms with Crippen LogP contribution in [-0.2, 0) is 6.42 Å². The van der Waals surface area contributed by atoms with Gasteiger partial charge in [-0.3, -0.25) is 9.59 Å². The molecule has 0 aliphatic carbocycles. The standard InChI is InChI=1S/C27H20O5/c28-23-14-8-7-13-19(23)15-20-26(31)21(24(29)17-9-3-1-4-10-17)16-22(27(20)32)25(30)18-11-5-2-6-12-18/h1-14,16,28,31-32H,15H2. The van der Waals surface area contributed by atoms with Gasteiger partial charge in [-0.2, -0.15) is 0 Å². The van der Waals surface area contributed by atoms with Crippen molar-refractivity contribution in [3.8, 4) is 17.2 Å². The van der Waals surface area contributed by atoms with E-state index in [1.807, 2.05) is 0 Å². The quantitative estimate of drug-likeness (QED) is 0.385. The van der Waals surface area contributed by atoms with Gasteiger partial charge in [0.25, 0.3) is 0 Å². The van der Waals surface area contributed by atoms with Crippen molar-refractivity contribution in [1.29, 1.82) is 0 Å². The second-order valence-corrected chi connectivity index (χ2v) is 7.34. The molecule has 0 aliphatic rings. The fourth-order valence-electron chi connectivity index (χ4n) is 3.57. The summed E-state index contributed by atoms with van der Waals surface area (Å²) in [5, 5.41) is 32.1. The highest BCUT2D eigenvalue weighted by Crippen LogP contribution is 2.39. The van der Waals surface area contributed by atoms with Gasteiger partial charge in [-0.25, -0.2) is 0 Å². The minimum atomic E-state index is -0.483. The first-order valence-electron chi connectivity index (χ1n) is 10.0. The summed E-state index contributed by atoms with van der Waals surface area (Å²) < 4.78 is 0. The molecule has 4 aromatic rings. The Bertz CT molecular complexity index is 1220. The Balaban J connectivity index is 1.91. The Morgan fingerprint density at radius 2 is 1.03 bits per heavy atom. The van der Waals surface area contributed by atoms with E-state index >= 15 is 0 Å². The van der Waals surface area contributed by atoms with E-state index in [1.54, 1.807) is 78.9 Å². The number of ketones is 2. The molecule has 0 spiro atoms. The maximum absolute atomic E-state index is 13.2. The first-order chi connectivity index (χ1) is 15.5. The second-order valence-electron chi connectivity index (χ2n) is 7.34. The number of phenolic OH excluding ortho intramolecular Hbond substituents is 3. The molecule has 0 unspecified atom stereocenters. The largest absolute Gasteiger partial charge is 0.508 e. The van der Waals surface area contributed by atoms with E-state index in [2.05, 4.69) is 0 Å². The SMILES string of the molecule is O=C(c1ccccc1)c1cc(C(=O)c2ccccc2)c(O)c(Cc2ccccc2O)c1O. The molecular formula is C27H20O5. The number of phenols is 3. The zero-order valence-corrected chi connectivity index (χ0v) is 17.0. The van der Waals surface area contributed by atoms with Gasteiger partial charge in [-0.05, 0) is 17.7 Å². The van der Waals surface area contributed by atoms with E-state index in [-0.39, 0.29) is 28.9 Å². The molecule has 4 aromatic carbocycles. The number of carbonyl (C=O) groups is 2. The van der Waals surface area contributed by atoms with E-state index in [0.717, 1.165) is 0 Å². The van der Waals surface area contributed by atoms with E-state index in [9.17, 15) is 24.9 Å². The Morgan fingerprint density at radius 1 is 0.594 bits per heavy atom. The molecule has 0 aliphatic heterocycles. The lowest BCUT2D eigenvalue weighted by molar-refractivity contribution is 0.103. The van der Waals surface area contributed by atoms with E-state index < -0.39 is 23.1 Å². The monoisotopic (exact) mass is 424 g/mol. The smallest absolute Gasteiger partial charge is 0.196 e. The van der Waals surface area contributed by atoms with Gasteiger partial charge in [0.05, 0.1) is 11.1 Å². The van der Waals surface area contributed by atoms with E-state index in [0.29, 0.717) is 16.7 Å². The number of hydrogen-bond acceptors (Lipinski definition) is 5. The number of hydrogen-bond donors (Lipinski definition) is 3. The van der Waals surface area contributed by atoms with Crippen molar-refractivity contribution in [3.05, 3.63) is 124 Å². The highest BCUT2D eigenvalue weighted by atomic mass is 16.3.